The lowest BCUT2D eigenvalue weighted by molar-refractivity contribution is -0.384. The van der Waals surface area contributed by atoms with Gasteiger partial charge in [-0.25, -0.2) is 0 Å². The normalized spacial score (nSPS) is 9.76. The molecule has 0 saturated heterocycles. The maximum Gasteiger partial charge on any atom is 0.296 e. The van der Waals surface area contributed by atoms with Gasteiger partial charge < -0.3 is 10.1 Å². The monoisotopic (exact) mass is 256 g/mol. The molecule has 0 radical (unpaired) electrons. The topological polar surface area (TPSA) is 81.5 Å². The third-order valence-corrected chi connectivity index (χ3v) is 2.50. The first-order valence-electron chi connectivity index (χ1n) is 4.69. The molecule has 6 nitrogen and oxygen atoms in total. The first-order chi connectivity index (χ1) is 8.08. The molecule has 1 aromatic carbocycles. The van der Waals surface area contributed by atoms with E-state index >= 15 is 0 Å². The summed E-state index contributed by atoms with van der Waals surface area (Å²) in [5, 5.41) is 13.3. The molecule has 0 atom stereocenters. The molecule has 92 valence electrons. The number of benzene rings is 1. The van der Waals surface area contributed by atoms with Gasteiger partial charge in [0.25, 0.3) is 5.69 Å². The zero-order valence-corrected chi connectivity index (χ0v) is 10.2. The summed E-state index contributed by atoms with van der Waals surface area (Å²) >= 11 is 1.34. The summed E-state index contributed by atoms with van der Waals surface area (Å²) in [6.45, 7) is 0. The molecule has 0 fully saturated rings. The van der Waals surface area contributed by atoms with Gasteiger partial charge in [-0.05, 0) is 18.4 Å². The molecule has 7 heteroatoms. The Labute approximate surface area is 102 Å². The molecule has 17 heavy (non-hydrogen) atoms. The number of nitrogens with zero attached hydrogens (tertiary/aromatic N) is 1. The van der Waals surface area contributed by atoms with Crippen molar-refractivity contribution in [2.24, 2.45) is 0 Å². The molecule has 0 heterocycles. The van der Waals surface area contributed by atoms with Gasteiger partial charge >= 0.3 is 0 Å². The van der Waals surface area contributed by atoms with Crippen LogP contribution in [0.5, 0.6) is 5.75 Å². The van der Waals surface area contributed by atoms with Gasteiger partial charge in [0.1, 0.15) is 11.4 Å². The summed E-state index contributed by atoms with van der Waals surface area (Å²) in [6.07, 6.45) is 1.78. The maximum atomic E-state index is 11.4. The number of hydrogen-bond donors (Lipinski definition) is 1. The molecule has 0 unspecified atom stereocenters. The fourth-order valence-electron chi connectivity index (χ4n) is 1.21. The summed E-state index contributed by atoms with van der Waals surface area (Å²) < 4.78 is 4.89. The summed E-state index contributed by atoms with van der Waals surface area (Å²) in [5.41, 5.74) is -0.00588. The lowest BCUT2D eigenvalue weighted by atomic mass is 10.2. The van der Waals surface area contributed by atoms with Crippen LogP contribution in [-0.2, 0) is 4.79 Å². The number of thioether (sulfide) groups is 1. The Morgan fingerprint density at radius 3 is 2.82 bits per heavy atom. The number of carbonyl (C=O) groups is 1. The summed E-state index contributed by atoms with van der Waals surface area (Å²) in [7, 11) is 1.42. The number of carbonyl (C=O) groups excluding carboxylic acids is 1. The Hall–Kier alpha value is -1.76. The highest BCUT2D eigenvalue weighted by molar-refractivity contribution is 7.99. The fraction of sp³-hybridized carbons (Fsp3) is 0.300. The van der Waals surface area contributed by atoms with E-state index in [0.717, 1.165) is 0 Å². The van der Waals surface area contributed by atoms with E-state index in [1.807, 2.05) is 0 Å². The van der Waals surface area contributed by atoms with E-state index in [4.69, 9.17) is 4.74 Å². The van der Waals surface area contributed by atoms with Crippen molar-refractivity contribution in [2.75, 3.05) is 24.4 Å². The predicted octanol–water partition coefficient (Wildman–Crippen LogP) is 1.90. The third kappa shape index (κ3) is 3.63. The largest absolute Gasteiger partial charge is 0.496 e. The highest BCUT2D eigenvalue weighted by Gasteiger charge is 2.16. The number of ether oxygens (including phenoxy) is 1. The zero-order chi connectivity index (χ0) is 12.8. The molecule has 1 rings (SSSR count). The molecule has 0 bridgehead atoms. The van der Waals surface area contributed by atoms with Crippen LogP contribution in [0.3, 0.4) is 0 Å². The number of anilines is 1. The molecule has 0 aliphatic heterocycles. The van der Waals surface area contributed by atoms with Gasteiger partial charge in [0.15, 0.2) is 0 Å². The number of amides is 1. The van der Waals surface area contributed by atoms with Crippen LogP contribution in [0.2, 0.25) is 0 Å². The third-order valence-electron chi connectivity index (χ3n) is 1.95. The van der Waals surface area contributed by atoms with E-state index in [9.17, 15) is 14.9 Å². The highest BCUT2D eigenvalue weighted by atomic mass is 32.2. The van der Waals surface area contributed by atoms with Gasteiger partial charge in [-0.1, -0.05) is 0 Å². The Balaban J connectivity index is 2.98. The van der Waals surface area contributed by atoms with Crippen molar-refractivity contribution in [2.45, 2.75) is 0 Å². The van der Waals surface area contributed by atoms with Crippen molar-refractivity contribution in [3.05, 3.63) is 28.3 Å². The Bertz CT molecular complexity index is 436. The minimum atomic E-state index is -0.558. The van der Waals surface area contributed by atoms with Crippen LogP contribution < -0.4 is 10.1 Å². The highest BCUT2D eigenvalue weighted by Crippen LogP contribution is 2.28. The smallest absolute Gasteiger partial charge is 0.296 e. The van der Waals surface area contributed by atoms with Gasteiger partial charge in [-0.15, -0.1) is 0 Å². The fourth-order valence-corrected chi connectivity index (χ4v) is 1.55. The van der Waals surface area contributed by atoms with Gasteiger partial charge in [-0.3, -0.25) is 14.9 Å². The first kappa shape index (κ1) is 13.3. The SMILES string of the molecule is COc1ccc(NC(=O)CSC)c([N+](=O)[O-])c1. The first-order valence-corrected chi connectivity index (χ1v) is 6.09. The van der Waals surface area contributed by atoms with Crippen LogP contribution in [0.1, 0.15) is 0 Å². The summed E-state index contributed by atoms with van der Waals surface area (Å²) in [5.74, 6) is 0.355. The standard InChI is InChI=1S/C10H12N2O4S/c1-16-7-3-4-8(9(5-7)12(14)15)11-10(13)6-17-2/h3-5H,6H2,1-2H3,(H,11,13). The molecule has 0 saturated carbocycles. The number of methoxy groups -OCH3 is 1. The number of nitro benzene ring substituents is 1. The van der Waals surface area contributed by atoms with Crippen molar-refractivity contribution < 1.29 is 14.5 Å². The quantitative estimate of drug-likeness (QED) is 0.642. The molecule has 0 aliphatic carbocycles. The van der Waals surface area contributed by atoms with E-state index < -0.39 is 4.92 Å². The number of rotatable bonds is 5. The van der Waals surface area contributed by atoms with Gasteiger partial charge in [-0.2, -0.15) is 11.8 Å². The number of nitrogens with one attached hydrogen (secondary N) is 1. The van der Waals surface area contributed by atoms with Crippen molar-refractivity contribution in [1.29, 1.82) is 0 Å². The molecular formula is C10H12N2O4S. The van der Waals surface area contributed by atoms with E-state index in [0.29, 0.717) is 5.75 Å². The average Bonchev–Trinajstić information content (AvgIpc) is 2.29. The molecule has 1 amide bonds. The van der Waals surface area contributed by atoms with Crippen LogP contribution in [-0.4, -0.2) is 29.9 Å². The number of nitro groups is 1. The molecular weight excluding hydrogens is 244 g/mol. The van der Waals surface area contributed by atoms with E-state index in [2.05, 4.69) is 5.32 Å². The lowest BCUT2D eigenvalue weighted by Gasteiger charge is -2.06. The summed E-state index contributed by atoms with van der Waals surface area (Å²) in [4.78, 5) is 21.6. The van der Waals surface area contributed by atoms with Gasteiger partial charge in [0.2, 0.25) is 5.91 Å². The van der Waals surface area contributed by atoms with Crippen molar-refractivity contribution in [1.82, 2.24) is 0 Å². The molecule has 1 N–H and O–H groups in total. The molecule has 1 aromatic rings. The van der Waals surface area contributed by atoms with E-state index in [1.54, 1.807) is 12.3 Å². The second-order valence-electron chi connectivity index (χ2n) is 3.12. The zero-order valence-electron chi connectivity index (χ0n) is 9.43. The summed E-state index contributed by atoms with van der Waals surface area (Å²) in [6, 6.07) is 4.28. The second-order valence-corrected chi connectivity index (χ2v) is 3.99. The van der Waals surface area contributed by atoms with Crippen LogP contribution in [0.25, 0.3) is 0 Å². The predicted molar refractivity (Wildman–Crippen MR) is 66.7 cm³/mol. The van der Waals surface area contributed by atoms with E-state index in [-0.39, 0.29) is 23.0 Å². The van der Waals surface area contributed by atoms with Crippen LogP contribution in [0.15, 0.2) is 18.2 Å². The molecule has 0 aromatic heterocycles. The average molecular weight is 256 g/mol. The van der Waals surface area contributed by atoms with Crippen LogP contribution in [0, 0.1) is 10.1 Å². The minimum Gasteiger partial charge on any atom is -0.496 e. The second kappa shape index (κ2) is 6.09. The Kier molecular flexibility index (Phi) is 4.77. The minimum absolute atomic E-state index is 0.176. The lowest BCUT2D eigenvalue weighted by Crippen LogP contribution is -2.14. The molecule has 0 aliphatic rings. The van der Waals surface area contributed by atoms with Crippen molar-refractivity contribution in [3.63, 3.8) is 0 Å². The Morgan fingerprint density at radius 2 is 2.29 bits per heavy atom. The maximum absolute atomic E-state index is 11.4. The van der Waals surface area contributed by atoms with Crippen molar-refractivity contribution in [3.8, 4) is 5.75 Å². The molecule has 0 spiro atoms. The van der Waals surface area contributed by atoms with Crippen LogP contribution in [0.4, 0.5) is 11.4 Å². The number of hydrogen-bond acceptors (Lipinski definition) is 5. The van der Waals surface area contributed by atoms with Gasteiger partial charge in [0.05, 0.1) is 23.9 Å². The van der Waals surface area contributed by atoms with Crippen LogP contribution >= 0.6 is 11.8 Å². The Morgan fingerprint density at radius 1 is 1.59 bits per heavy atom. The van der Waals surface area contributed by atoms with E-state index in [1.165, 1.54) is 31.0 Å². The van der Waals surface area contributed by atoms with Gasteiger partial charge in [0, 0.05) is 0 Å². The van der Waals surface area contributed by atoms with Crippen molar-refractivity contribution >= 4 is 29.0 Å².